The van der Waals surface area contributed by atoms with E-state index in [2.05, 4.69) is 57.6 Å². The van der Waals surface area contributed by atoms with Crippen molar-refractivity contribution in [3.05, 3.63) is 54.3 Å². The summed E-state index contributed by atoms with van der Waals surface area (Å²) in [6.07, 6.45) is 1.79. The molecule has 2 heteroatoms. The van der Waals surface area contributed by atoms with Gasteiger partial charge in [0, 0.05) is 11.0 Å². The minimum atomic E-state index is -1.67. The van der Waals surface area contributed by atoms with Crippen molar-refractivity contribution in [3.63, 3.8) is 0 Å². The Balaban J connectivity index is 3.07. The second-order valence-corrected chi connectivity index (χ2v) is 10.9. The summed E-state index contributed by atoms with van der Waals surface area (Å²) in [6.45, 7) is 14.4. The highest BCUT2D eigenvalue weighted by Gasteiger charge is 2.31. The summed E-state index contributed by atoms with van der Waals surface area (Å²) >= 11 is 0. The van der Waals surface area contributed by atoms with Crippen molar-refractivity contribution < 1.29 is 4.43 Å². The molecule has 20 heavy (non-hydrogen) atoms. The van der Waals surface area contributed by atoms with E-state index in [1.807, 2.05) is 36.4 Å². The summed E-state index contributed by atoms with van der Waals surface area (Å²) in [4.78, 5) is 0. The highest BCUT2D eigenvalue weighted by molar-refractivity contribution is 6.69. The molecule has 0 fully saturated rings. The Morgan fingerprint density at radius 2 is 1.80 bits per heavy atom. The van der Waals surface area contributed by atoms with E-state index in [0.29, 0.717) is 0 Å². The topological polar surface area (TPSA) is 9.23 Å². The molecule has 0 radical (unpaired) electrons. The lowest BCUT2D eigenvalue weighted by Gasteiger charge is -2.32. The van der Waals surface area contributed by atoms with Crippen LogP contribution in [0.2, 0.25) is 19.6 Å². The summed E-state index contributed by atoms with van der Waals surface area (Å²) in [7, 11) is -1.67. The second kappa shape index (κ2) is 6.77. The van der Waals surface area contributed by atoms with E-state index in [4.69, 9.17) is 4.43 Å². The molecule has 0 aliphatic carbocycles. The molecule has 0 saturated carbocycles. The average Bonchev–Trinajstić information content (AvgIpc) is 2.34. The van der Waals surface area contributed by atoms with Crippen LogP contribution in [-0.4, -0.2) is 14.4 Å². The van der Waals surface area contributed by atoms with Crippen molar-refractivity contribution in [2.75, 3.05) is 0 Å². The predicted octanol–water partition coefficient (Wildman–Crippen LogP) is 4.63. The predicted molar refractivity (Wildman–Crippen MR) is 89.0 cm³/mol. The Hall–Kier alpha value is -1.52. The largest absolute Gasteiger partial charge is 0.403 e. The maximum Gasteiger partial charge on any atom is 0.185 e. The molecule has 0 bridgehead atoms. The normalized spacial score (nSPS) is 12.8. The number of hydrogen-bond donors (Lipinski definition) is 0. The molecule has 1 nitrogen and oxygen atoms in total. The van der Waals surface area contributed by atoms with Gasteiger partial charge in [-0.2, -0.15) is 0 Å². The zero-order chi connectivity index (χ0) is 15.2. The minimum absolute atomic E-state index is 0.149. The van der Waals surface area contributed by atoms with Gasteiger partial charge < -0.3 is 4.43 Å². The van der Waals surface area contributed by atoms with E-state index in [9.17, 15) is 0 Å². The maximum atomic E-state index is 6.24. The lowest BCUT2D eigenvalue weighted by molar-refractivity contribution is 0.152. The molecule has 1 rings (SSSR count). The summed E-state index contributed by atoms with van der Waals surface area (Å²) in [5.74, 6) is 6.49. The zero-order valence-electron chi connectivity index (χ0n) is 13.2. The average molecular weight is 284 g/mol. The molecule has 106 valence electrons. The van der Waals surface area contributed by atoms with Gasteiger partial charge >= 0.3 is 0 Å². The Morgan fingerprint density at radius 3 is 2.30 bits per heavy atom. The van der Waals surface area contributed by atoms with Gasteiger partial charge in [-0.3, -0.25) is 0 Å². The molecule has 1 aromatic carbocycles. The van der Waals surface area contributed by atoms with Crippen molar-refractivity contribution >= 4 is 8.32 Å². The fourth-order valence-electron chi connectivity index (χ4n) is 1.73. The van der Waals surface area contributed by atoms with Crippen LogP contribution in [0.15, 0.2) is 48.7 Å². The van der Waals surface area contributed by atoms with Gasteiger partial charge in [0.05, 0.1) is 0 Å². The zero-order valence-corrected chi connectivity index (χ0v) is 14.2. The van der Waals surface area contributed by atoms with Crippen LogP contribution in [0.5, 0.6) is 0 Å². The lowest BCUT2D eigenvalue weighted by atomic mass is 9.87. The molecule has 1 aromatic rings. The lowest BCUT2D eigenvalue weighted by Crippen LogP contribution is -2.39. The van der Waals surface area contributed by atoms with Crippen LogP contribution >= 0.6 is 0 Å². The van der Waals surface area contributed by atoms with Crippen molar-refractivity contribution in [1.82, 2.24) is 0 Å². The summed E-state index contributed by atoms with van der Waals surface area (Å²) in [5.41, 5.74) is 3.67. The third-order valence-corrected chi connectivity index (χ3v) is 3.69. The van der Waals surface area contributed by atoms with E-state index in [-0.39, 0.29) is 11.5 Å². The van der Waals surface area contributed by atoms with Crippen LogP contribution in [0.3, 0.4) is 0 Å². The maximum absolute atomic E-state index is 6.24. The van der Waals surface area contributed by atoms with Gasteiger partial charge in [0.1, 0.15) is 6.10 Å². The van der Waals surface area contributed by atoms with Crippen LogP contribution < -0.4 is 0 Å². The first-order valence-corrected chi connectivity index (χ1v) is 10.3. The SMILES string of the molecule is C=C=CC(C)(C)[C@H](C#Cc1ccccc1)O[Si](C)(C)C. The van der Waals surface area contributed by atoms with Crippen LogP contribution in [0.4, 0.5) is 0 Å². The first-order valence-electron chi connectivity index (χ1n) is 6.86. The monoisotopic (exact) mass is 284 g/mol. The van der Waals surface area contributed by atoms with Crippen LogP contribution in [0, 0.1) is 17.3 Å². The molecule has 0 aliphatic rings. The van der Waals surface area contributed by atoms with E-state index in [1.165, 1.54) is 0 Å². The van der Waals surface area contributed by atoms with E-state index >= 15 is 0 Å². The van der Waals surface area contributed by atoms with E-state index < -0.39 is 8.32 Å². The third-order valence-electron chi connectivity index (χ3n) is 2.74. The highest BCUT2D eigenvalue weighted by Crippen LogP contribution is 2.27. The molecular weight excluding hydrogens is 260 g/mol. The third kappa shape index (κ3) is 5.63. The fourth-order valence-corrected chi connectivity index (χ4v) is 2.80. The van der Waals surface area contributed by atoms with Gasteiger partial charge in [0.2, 0.25) is 0 Å². The Kier molecular flexibility index (Phi) is 5.59. The minimum Gasteiger partial charge on any atom is -0.403 e. The summed E-state index contributed by atoms with van der Waals surface area (Å²) in [5, 5.41) is 0. The first-order chi connectivity index (χ1) is 9.24. The van der Waals surface area contributed by atoms with Gasteiger partial charge in [-0.1, -0.05) is 50.5 Å². The molecule has 0 amide bonds. The standard InChI is InChI=1S/C18H24OSi/c1-7-15-18(2,3)17(19-20(4,5)6)14-13-16-11-9-8-10-12-16/h8-12,15,17H,1H2,2-6H3/t17-/m0/s1. The van der Waals surface area contributed by atoms with E-state index in [0.717, 1.165) is 5.56 Å². The molecule has 0 N–H and O–H groups in total. The fraction of sp³-hybridized carbons (Fsp3) is 0.389. The number of rotatable bonds is 4. The van der Waals surface area contributed by atoms with Crippen LogP contribution in [0.1, 0.15) is 19.4 Å². The molecule has 0 unspecified atom stereocenters. The molecule has 0 aliphatic heterocycles. The molecular formula is C18H24OSi. The van der Waals surface area contributed by atoms with Crippen molar-refractivity contribution in [2.45, 2.75) is 39.6 Å². The summed E-state index contributed by atoms with van der Waals surface area (Å²) in [6, 6.07) is 10.00. The van der Waals surface area contributed by atoms with Crippen LogP contribution in [-0.2, 0) is 4.43 Å². The summed E-state index contributed by atoms with van der Waals surface area (Å²) < 4.78 is 6.24. The Labute approximate surface area is 124 Å². The molecule has 0 heterocycles. The van der Waals surface area contributed by atoms with Gasteiger partial charge in [0.25, 0.3) is 0 Å². The molecule has 0 saturated heterocycles. The van der Waals surface area contributed by atoms with E-state index in [1.54, 1.807) is 0 Å². The highest BCUT2D eigenvalue weighted by atomic mass is 28.4. The number of hydrogen-bond acceptors (Lipinski definition) is 1. The van der Waals surface area contributed by atoms with Crippen molar-refractivity contribution in [1.29, 1.82) is 0 Å². The van der Waals surface area contributed by atoms with Gasteiger partial charge in [-0.25, -0.2) is 0 Å². The number of benzene rings is 1. The van der Waals surface area contributed by atoms with Gasteiger partial charge in [-0.15, -0.1) is 5.73 Å². The second-order valence-electron chi connectivity index (χ2n) is 6.42. The smallest absolute Gasteiger partial charge is 0.185 e. The molecule has 1 atom stereocenters. The van der Waals surface area contributed by atoms with Crippen molar-refractivity contribution in [2.24, 2.45) is 5.41 Å². The molecule has 0 aromatic heterocycles. The first kappa shape index (κ1) is 16.5. The van der Waals surface area contributed by atoms with Crippen LogP contribution in [0.25, 0.3) is 0 Å². The molecule has 0 spiro atoms. The van der Waals surface area contributed by atoms with Crippen molar-refractivity contribution in [3.8, 4) is 11.8 Å². The van der Waals surface area contributed by atoms with Gasteiger partial charge in [-0.05, 0) is 37.8 Å². The Morgan fingerprint density at radius 1 is 1.20 bits per heavy atom. The Bertz CT molecular complexity index is 534. The quantitative estimate of drug-likeness (QED) is 0.445. The van der Waals surface area contributed by atoms with Gasteiger partial charge in [0.15, 0.2) is 8.32 Å².